The third-order valence-electron chi connectivity index (χ3n) is 2.14. The van der Waals surface area contributed by atoms with E-state index >= 15 is 0 Å². The summed E-state index contributed by atoms with van der Waals surface area (Å²) in [6, 6.07) is 6.99. The van der Waals surface area contributed by atoms with Crippen LogP contribution in [0.25, 0.3) is 11.5 Å². The first-order valence-corrected chi connectivity index (χ1v) is 5.27. The lowest BCUT2D eigenvalue weighted by Crippen LogP contribution is -1.97. The fourth-order valence-electron chi connectivity index (χ4n) is 1.25. The second-order valence-electron chi connectivity index (χ2n) is 3.33. The van der Waals surface area contributed by atoms with Crippen molar-refractivity contribution in [1.82, 2.24) is 10.2 Å². The molecule has 0 fully saturated rings. The lowest BCUT2D eigenvalue weighted by molar-refractivity contribution is -0.134. The molecule has 2 rings (SSSR count). The molecule has 0 aliphatic rings. The minimum atomic E-state index is -0.555. The molecule has 17 heavy (non-hydrogen) atoms. The molecular formula is C11H9ClN2O3. The highest BCUT2D eigenvalue weighted by Crippen LogP contribution is 2.23. The van der Waals surface area contributed by atoms with Crippen LogP contribution in [-0.4, -0.2) is 16.7 Å². The lowest BCUT2D eigenvalue weighted by atomic mass is 10.2. The van der Waals surface area contributed by atoms with E-state index in [1.165, 1.54) is 0 Å². The average molecular weight is 253 g/mol. The third-order valence-corrected chi connectivity index (χ3v) is 2.39. The molecule has 0 aliphatic carbocycles. The summed E-state index contributed by atoms with van der Waals surface area (Å²) in [5.41, 5.74) is 0.756. The predicted molar refractivity (Wildman–Crippen MR) is 60.3 cm³/mol. The Bertz CT molecular complexity index is 510. The second-order valence-corrected chi connectivity index (χ2v) is 3.76. The Balaban J connectivity index is 2.23. The molecule has 0 saturated carbocycles. The summed E-state index contributed by atoms with van der Waals surface area (Å²) in [5.74, 6) is 0.611. The molecule has 1 unspecified atom stereocenters. The fourth-order valence-corrected chi connectivity index (χ4v) is 1.38. The zero-order valence-electron chi connectivity index (χ0n) is 8.96. The van der Waals surface area contributed by atoms with Crippen molar-refractivity contribution in [3.8, 4) is 11.5 Å². The Labute approximate surface area is 102 Å². The Morgan fingerprint density at radius 3 is 2.71 bits per heavy atom. The highest BCUT2D eigenvalue weighted by Gasteiger charge is 2.15. The van der Waals surface area contributed by atoms with E-state index in [1.807, 2.05) is 0 Å². The maximum absolute atomic E-state index is 10.2. The molecule has 1 aromatic carbocycles. The number of aromatic nitrogens is 2. The highest BCUT2D eigenvalue weighted by molar-refractivity contribution is 6.30. The van der Waals surface area contributed by atoms with Crippen LogP contribution in [0.3, 0.4) is 0 Å². The minimum absolute atomic E-state index is 0.252. The average Bonchev–Trinajstić information content (AvgIpc) is 2.80. The van der Waals surface area contributed by atoms with Gasteiger partial charge in [0.2, 0.25) is 5.89 Å². The standard InChI is InChI=1S/C11H9ClN2O3/c1-7(16-6-15)10-13-14-11(17-10)8-2-4-9(12)5-3-8/h2-7H,1H3. The van der Waals surface area contributed by atoms with Crippen molar-refractivity contribution in [2.24, 2.45) is 0 Å². The van der Waals surface area contributed by atoms with Gasteiger partial charge in [-0.25, -0.2) is 0 Å². The van der Waals surface area contributed by atoms with Crippen molar-refractivity contribution < 1.29 is 13.9 Å². The normalized spacial score (nSPS) is 12.1. The van der Waals surface area contributed by atoms with Crippen LogP contribution in [0.5, 0.6) is 0 Å². The lowest BCUT2D eigenvalue weighted by Gasteiger charge is -2.02. The quantitative estimate of drug-likeness (QED) is 0.783. The first kappa shape index (κ1) is 11.6. The number of nitrogens with zero attached hydrogens (tertiary/aromatic N) is 2. The number of carbonyl (C=O) groups excluding carboxylic acids is 1. The zero-order chi connectivity index (χ0) is 12.3. The Morgan fingerprint density at radius 1 is 1.35 bits per heavy atom. The molecule has 88 valence electrons. The Hall–Kier alpha value is -1.88. The van der Waals surface area contributed by atoms with Crippen molar-refractivity contribution in [2.45, 2.75) is 13.0 Å². The maximum atomic E-state index is 10.2. The van der Waals surface area contributed by atoms with Crippen LogP contribution in [0, 0.1) is 0 Å². The molecule has 0 bridgehead atoms. The van der Waals surface area contributed by atoms with Crippen LogP contribution in [0.2, 0.25) is 5.02 Å². The Kier molecular flexibility index (Phi) is 3.39. The van der Waals surface area contributed by atoms with Crippen LogP contribution in [0.4, 0.5) is 0 Å². The number of rotatable bonds is 4. The molecule has 6 heteroatoms. The smallest absolute Gasteiger partial charge is 0.293 e. The van der Waals surface area contributed by atoms with Gasteiger partial charge in [0.25, 0.3) is 12.4 Å². The fraction of sp³-hybridized carbons (Fsp3) is 0.182. The Morgan fingerprint density at radius 2 is 2.06 bits per heavy atom. The van der Waals surface area contributed by atoms with E-state index in [4.69, 9.17) is 20.8 Å². The summed E-state index contributed by atoms with van der Waals surface area (Å²) in [7, 11) is 0. The molecule has 0 N–H and O–H groups in total. The summed E-state index contributed by atoms with van der Waals surface area (Å²) < 4.78 is 10.1. The molecule has 1 heterocycles. The van der Waals surface area contributed by atoms with Gasteiger partial charge in [-0.3, -0.25) is 4.79 Å². The van der Waals surface area contributed by atoms with Crippen LogP contribution in [0.15, 0.2) is 28.7 Å². The molecule has 0 saturated heterocycles. The number of carbonyl (C=O) groups is 1. The van der Waals surface area contributed by atoms with Crippen molar-refractivity contribution in [3.05, 3.63) is 35.2 Å². The van der Waals surface area contributed by atoms with Crippen LogP contribution < -0.4 is 0 Å². The second kappa shape index (κ2) is 4.97. The van der Waals surface area contributed by atoms with Gasteiger partial charge in [-0.05, 0) is 31.2 Å². The first-order chi connectivity index (χ1) is 8.20. The van der Waals surface area contributed by atoms with E-state index in [0.29, 0.717) is 17.4 Å². The summed E-state index contributed by atoms with van der Waals surface area (Å²) in [5, 5.41) is 8.29. The molecule has 5 nitrogen and oxygen atoms in total. The van der Waals surface area contributed by atoms with Gasteiger partial charge in [0, 0.05) is 10.6 Å². The predicted octanol–water partition coefficient (Wildman–Crippen LogP) is 2.62. The van der Waals surface area contributed by atoms with Gasteiger partial charge in [0.1, 0.15) is 0 Å². The molecule has 0 amide bonds. The third kappa shape index (κ3) is 2.62. The van der Waals surface area contributed by atoms with E-state index in [9.17, 15) is 4.79 Å². The molecule has 0 spiro atoms. The molecule has 1 atom stereocenters. The number of benzene rings is 1. The molecule has 0 aliphatic heterocycles. The highest BCUT2D eigenvalue weighted by atomic mass is 35.5. The molecule has 2 aromatic rings. The van der Waals surface area contributed by atoms with Crippen LogP contribution in [-0.2, 0) is 9.53 Å². The van der Waals surface area contributed by atoms with Crippen molar-refractivity contribution in [2.75, 3.05) is 0 Å². The SMILES string of the molecule is CC(OC=O)c1nnc(-c2ccc(Cl)cc2)o1. The van der Waals surface area contributed by atoms with Crippen molar-refractivity contribution >= 4 is 18.1 Å². The zero-order valence-corrected chi connectivity index (χ0v) is 9.72. The number of hydrogen-bond acceptors (Lipinski definition) is 5. The summed E-state index contributed by atoms with van der Waals surface area (Å²) in [6.45, 7) is 1.99. The summed E-state index contributed by atoms with van der Waals surface area (Å²) in [4.78, 5) is 10.2. The van der Waals surface area contributed by atoms with E-state index in [0.717, 1.165) is 5.56 Å². The van der Waals surface area contributed by atoms with Crippen LogP contribution in [0.1, 0.15) is 18.9 Å². The monoisotopic (exact) mass is 252 g/mol. The largest absolute Gasteiger partial charge is 0.455 e. The van der Waals surface area contributed by atoms with E-state index in [-0.39, 0.29) is 5.89 Å². The van der Waals surface area contributed by atoms with Crippen molar-refractivity contribution in [3.63, 3.8) is 0 Å². The van der Waals surface area contributed by atoms with Crippen molar-refractivity contribution in [1.29, 1.82) is 0 Å². The van der Waals surface area contributed by atoms with Gasteiger partial charge >= 0.3 is 0 Å². The number of halogens is 1. The summed E-state index contributed by atoms with van der Waals surface area (Å²) >= 11 is 5.77. The van der Waals surface area contributed by atoms with Gasteiger partial charge < -0.3 is 9.15 Å². The first-order valence-electron chi connectivity index (χ1n) is 4.89. The topological polar surface area (TPSA) is 65.2 Å². The molecular weight excluding hydrogens is 244 g/mol. The maximum Gasteiger partial charge on any atom is 0.293 e. The number of ether oxygens (including phenoxy) is 1. The minimum Gasteiger partial charge on any atom is -0.455 e. The van der Waals surface area contributed by atoms with Gasteiger partial charge in [-0.2, -0.15) is 0 Å². The van der Waals surface area contributed by atoms with Gasteiger partial charge in [0.15, 0.2) is 6.10 Å². The number of hydrogen-bond donors (Lipinski definition) is 0. The molecule has 1 aromatic heterocycles. The summed E-state index contributed by atoms with van der Waals surface area (Å²) in [6.07, 6.45) is -0.555. The van der Waals surface area contributed by atoms with Gasteiger partial charge in [0.05, 0.1) is 0 Å². The van der Waals surface area contributed by atoms with E-state index in [1.54, 1.807) is 31.2 Å². The van der Waals surface area contributed by atoms with Gasteiger partial charge in [-0.15, -0.1) is 10.2 Å². The van der Waals surface area contributed by atoms with Gasteiger partial charge in [-0.1, -0.05) is 11.6 Å². The van der Waals surface area contributed by atoms with E-state index < -0.39 is 6.10 Å². The molecule has 0 radical (unpaired) electrons. The van der Waals surface area contributed by atoms with Crippen LogP contribution >= 0.6 is 11.6 Å². The van der Waals surface area contributed by atoms with E-state index in [2.05, 4.69) is 10.2 Å².